The summed E-state index contributed by atoms with van der Waals surface area (Å²) in [4.78, 5) is 34.5. The Balaban J connectivity index is 2.04. The van der Waals surface area contributed by atoms with Crippen LogP contribution in [0.4, 0.5) is 11.6 Å². The number of rotatable bonds is 6. The molecule has 0 atom stereocenters. The van der Waals surface area contributed by atoms with Crippen LogP contribution in [0.3, 0.4) is 0 Å². The van der Waals surface area contributed by atoms with Gasteiger partial charge in [0.2, 0.25) is 12.1 Å². The molecule has 0 radical (unpaired) electrons. The molecule has 2 rings (SSSR count). The summed E-state index contributed by atoms with van der Waals surface area (Å²) < 4.78 is 0.921. The van der Waals surface area contributed by atoms with Crippen molar-refractivity contribution in [2.75, 3.05) is 0 Å². The van der Waals surface area contributed by atoms with Gasteiger partial charge < -0.3 is 15.2 Å². The summed E-state index contributed by atoms with van der Waals surface area (Å²) in [5.41, 5.74) is 1.36. The van der Waals surface area contributed by atoms with Gasteiger partial charge in [0.05, 0.1) is 11.1 Å². The summed E-state index contributed by atoms with van der Waals surface area (Å²) in [6.45, 7) is -0.403. The number of nitro benzene ring substituents is 1. The quantitative estimate of drug-likeness (QED) is 0.422. The van der Waals surface area contributed by atoms with E-state index in [1.165, 1.54) is 6.07 Å². The Hall–Kier alpha value is -3.61. The fraction of sp³-hybridized carbons (Fsp3) is 0.0909. The summed E-state index contributed by atoms with van der Waals surface area (Å²) in [7, 11) is 0. The van der Waals surface area contributed by atoms with E-state index in [0.29, 0.717) is 0 Å². The van der Waals surface area contributed by atoms with Gasteiger partial charge in [0, 0.05) is 21.8 Å². The Labute approximate surface area is 142 Å². The molecule has 0 fully saturated rings. The lowest BCUT2D eigenvalue weighted by Gasteiger charge is -2.01. The molecule has 0 saturated heterocycles. The number of nitrogens with zero attached hydrogens (tertiary/aromatic N) is 6. The number of nitro groups is 2. The highest BCUT2D eigenvalue weighted by Gasteiger charge is 2.18. The maximum atomic E-state index is 11.6. The van der Waals surface area contributed by atoms with Gasteiger partial charge in [-0.1, -0.05) is 16.6 Å². The number of hydrogen-bond acceptors (Lipinski definition) is 9. The van der Waals surface area contributed by atoms with E-state index < -0.39 is 39.7 Å². The molecular formula is C11H8ClN7O6. The van der Waals surface area contributed by atoms with Gasteiger partial charge in [-0.3, -0.25) is 14.9 Å². The zero-order valence-corrected chi connectivity index (χ0v) is 12.8. The molecule has 2 N–H and O–H groups in total. The molecule has 2 aromatic rings. The number of nitrogens with one attached hydrogen (secondary N) is 1. The lowest BCUT2D eigenvalue weighted by Crippen LogP contribution is -2.23. The largest absolute Gasteiger partial charge is 0.502 e. The van der Waals surface area contributed by atoms with Crippen molar-refractivity contribution in [1.82, 2.24) is 20.2 Å². The summed E-state index contributed by atoms with van der Waals surface area (Å²) in [5, 5.41) is 37.9. The van der Waals surface area contributed by atoms with Gasteiger partial charge >= 0.3 is 11.6 Å². The third-order valence-corrected chi connectivity index (χ3v) is 2.89. The van der Waals surface area contributed by atoms with Crippen LogP contribution < -0.4 is 5.43 Å². The summed E-state index contributed by atoms with van der Waals surface area (Å²) >= 11 is 5.70. The van der Waals surface area contributed by atoms with Crippen molar-refractivity contribution in [3.05, 3.63) is 49.3 Å². The molecule has 0 aliphatic carbocycles. The second-order valence-corrected chi connectivity index (χ2v) is 4.85. The number of phenolic OH excluding ortho intramolecular Hbond substituents is 1. The van der Waals surface area contributed by atoms with E-state index in [0.717, 1.165) is 23.3 Å². The first kappa shape index (κ1) is 17.7. The maximum absolute atomic E-state index is 11.6. The molecule has 1 heterocycles. The number of aromatic nitrogens is 3. The van der Waals surface area contributed by atoms with Crippen molar-refractivity contribution < 1.29 is 19.7 Å². The van der Waals surface area contributed by atoms with E-state index in [1.807, 2.05) is 0 Å². The zero-order chi connectivity index (χ0) is 18.6. The van der Waals surface area contributed by atoms with Crippen LogP contribution >= 0.6 is 11.6 Å². The van der Waals surface area contributed by atoms with E-state index in [-0.39, 0.29) is 10.6 Å². The first-order valence-corrected chi connectivity index (χ1v) is 6.68. The highest BCUT2D eigenvalue weighted by atomic mass is 35.5. The number of phenols is 1. The molecule has 0 spiro atoms. The number of benzene rings is 1. The molecule has 0 aliphatic heterocycles. The standard InChI is InChI=1S/C11H8ClN7O6/c12-7-1-6(10(21)8(2-7)18(22)23)3-14-15-9(20)4-17-5-13-11(16-17)19(24)25/h1-3,5,21H,4H2,(H,15,20)/b14-3-. The second-order valence-electron chi connectivity index (χ2n) is 4.41. The summed E-state index contributed by atoms with van der Waals surface area (Å²) in [6, 6.07) is 2.17. The zero-order valence-electron chi connectivity index (χ0n) is 12.1. The highest BCUT2D eigenvalue weighted by molar-refractivity contribution is 6.31. The maximum Gasteiger partial charge on any atom is 0.490 e. The minimum atomic E-state index is -0.825. The molecule has 0 unspecified atom stereocenters. The lowest BCUT2D eigenvalue weighted by molar-refractivity contribution is -0.394. The number of hydrazone groups is 1. The van der Waals surface area contributed by atoms with Crippen LogP contribution in [0.1, 0.15) is 5.56 Å². The molecule has 1 amide bonds. The van der Waals surface area contributed by atoms with Crippen LogP contribution in [0, 0.1) is 20.2 Å². The van der Waals surface area contributed by atoms with Gasteiger partial charge in [0.25, 0.3) is 5.91 Å². The van der Waals surface area contributed by atoms with Crippen molar-refractivity contribution in [3.63, 3.8) is 0 Å². The van der Waals surface area contributed by atoms with Crippen LogP contribution in [-0.2, 0) is 11.3 Å². The van der Waals surface area contributed by atoms with Crippen LogP contribution in [0.15, 0.2) is 23.6 Å². The molecule has 1 aromatic carbocycles. The number of halogens is 1. The average Bonchev–Trinajstić information content (AvgIpc) is 2.98. The van der Waals surface area contributed by atoms with Crippen LogP contribution in [0.5, 0.6) is 5.75 Å². The van der Waals surface area contributed by atoms with E-state index >= 15 is 0 Å². The number of carbonyl (C=O) groups excluding carboxylic acids is 1. The van der Waals surface area contributed by atoms with Gasteiger partial charge in [-0.2, -0.15) is 9.78 Å². The van der Waals surface area contributed by atoms with Gasteiger partial charge in [0.15, 0.2) is 0 Å². The van der Waals surface area contributed by atoms with Gasteiger partial charge in [-0.05, 0) is 11.0 Å². The Morgan fingerprint density at radius 1 is 1.40 bits per heavy atom. The van der Waals surface area contributed by atoms with Crippen LogP contribution in [0.2, 0.25) is 5.02 Å². The molecule has 1 aromatic heterocycles. The molecular weight excluding hydrogens is 362 g/mol. The lowest BCUT2D eigenvalue weighted by atomic mass is 10.2. The van der Waals surface area contributed by atoms with E-state index in [1.54, 1.807) is 0 Å². The first-order chi connectivity index (χ1) is 11.8. The summed E-state index contributed by atoms with van der Waals surface area (Å²) in [6.07, 6.45) is 1.95. The van der Waals surface area contributed by atoms with E-state index in [4.69, 9.17) is 11.6 Å². The van der Waals surface area contributed by atoms with Crippen molar-refractivity contribution in [2.24, 2.45) is 5.10 Å². The Morgan fingerprint density at radius 3 is 2.72 bits per heavy atom. The molecule has 0 aliphatic rings. The normalized spacial score (nSPS) is 10.8. The second kappa shape index (κ2) is 7.31. The van der Waals surface area contributed by atoms with Gasteiger partial charge in [-0.15, -0.1) is 0 Å². The Morgan fingerprint density at radius 2 is 2.12 bits per heavy atom. The molecule has 14 heteroatoms. The third kappa shape index (κ3) is 4.44. The fourth-order valence-corrected chi connectivity index (χ4v) is 1.86. The van der Waals surface area contributed by atoms with Crippen molar-refractivity contribution in [1.29, 1.82) is 0 Å². The minimum Gasteiger partial charge on any atom is -0.502 e. The topological polar surface area (TPSA) is 179 Å². The van der Waals surface area contributed by atoms with Crippen molar-refractivity contribution in [2.45, 2.75) is 6.54 Å². The average molecular weight is 370 g/mol. The highest BCUT2D eigenvalue weighted by Crippen LogP contribution is 2.32. The number of aromatic hydroxyl groups is 1. The smallest absolute Gasteiger partial charge is 0.490 e. The molecule has 0 bridgehead atoms. The molecule has 130 valence electrons. The van der Waals surface area contributed by atoms with Gasteiger partial charge in [0.1, 0.15) is 6.54 Å². The SMILES string of the molecule is O=C(Cn1cnc([N+](=O)[O-])n1)N/N=C\c1cc(Cl)cc([N+](=O)[O-])c1O. The predicted octanol–water partition coefficient (Wildman–Crippen LogP) is 0.604. The number of hydrogen-bond donors (Lipinski definition) is 2. The summed E-state index contributed by atoms with van der Waals surface area (Å²) in [5.74, 6) is -2.03. The fourth-order valence-electron chi connectivity index (χ4n) is 1.64. The van der Waals surface area contributed by atoms with Crippen LogP contribution in [-0.4, -0.2) is 41.8 Å². The Kier molecular flexibility index (Phi) is 5.18. The number of carbonyl (C=O) groups is 1. The van der Waals surface area contributed by atoms with E-state index in [2.05, 4.69) is 20.6 Å². The predicted molar refractivity (Wildman–Crippen MR) is 82.2 cm³/mol. The van der Waals surface area contributed by atoms with Gasteiger partial charge in [-0.25, -0.2) is 5.43 Å². The van der Waals surface area contributed by atoms with Crippen molar-refractivity contribution >= 4 is 35.4 Å². The monoisotopic (exact) mass is 369 g/mol. The van der Waals surface area contributed by atoms with Crippen molar-refractivity contribution in [3.8, 4) is 5.75 Å². The third-order valence-electron chi connectivity index (χ3n) is 2.67. The number of amides is 1. The van der Waals surface area contributed by atoms with Crippen LogP contribution in [0.25, 0.3) is 0 Å². The minimum absolute atomic E-state index is 0.00722. The molecule has 0 saturated carbocycles. The van der Waals surface area contributed by atoms with E-state index in [9.17, 15) is 30.1 Å². The Bertz CT molecular complexity index is 880. The first-order valence-electron chi connectivity index (χ1n) is 6.30. The molecule has 25 heavy (non-hydrogen) atoms. The molecule has 13 nitrogen and oxygen atoms in total.